The molecule has 0 saturated heterocycles. The van der Waals surface area contributed by atoms with Crippen molar-refractivity contribution in [2.24, 2.45) is 0 Å². The molecule has 0 heterocycles. The number of carbonyl (C=O) groups is 2. The van der Waals surface area contributed by atoms with Crippen LogP contribution in [0.5, 0.6) is 0 Å². The van der Waals surface area contributed by atoms with Crippen LogP contribution in [0.2, 0.25) is 0 Å². The molecule has 1 unspecified atom stereocenters. The summed E-state index contributed by atoms with van der Waals surface area (Å²) >= 11 is 4.00. The Labute approximate surface area is 169 Å². The molecular weight excluding hydrogens is 389 g/mol. The van der Waals surface area contributed by atoms with Crippen LogP contribution in [0, 0.1) is 0 Å². The SMILES string of the molecule is CC(NC(=O)CCS(=O)(=O)C(=O)c1ccccc1S)S(=O)(=O)O.[H-].[Na+]. The minimum atomic E-state index is -4.48. The number of thiol groups is 1. The van der Waals surface area contributed by atoms with E-state index in [4.69, 9.17) is 4.55 Å². The summed E-state index contributed by atoms with van der Waals surface area (Å²) in [5.74, 6) is -1.72. The Bertz CT molecular complexity index is 827. The maximum absolute atomic E-state index is 12.0. The van der Waals surface area contributed by atoms with Gasteiger partial charge in [-0.3, -0.25) is 14.1 Å². The van der Waals surface area contributed by atoms with Crippen LogP contribution in [-0.2, 0) is 24.7 Å². The molecule has 0 aliphatic heterocycles. The molecule has 0 aromatic heterocycles. The van der Waals surface area contributed by atoms with Gasteiger partial charge in [0.15, 0.2) is 5.37 Å². The zero-order valence-corrected chi connectivity index (χ0v) is 17.5. The van der Waals surface area contributed by atoms with E-state index in [0.29, 0.717) is 0 Å². The first-order valence-corrected chi connectivity index (χ1v) is 9.86. The van der Waals surface area contributed by atoms with Crippen LogP contribution < -0.4 is 34.9 Å². The molecule has 1 aromatic carbocycles. The molecule has 0 radical (unpaired) electrons. The van der Waals surface area contributed by atoms with Gasteiger partial charge in [-0.15, -0.1) is 12.6 Å². The molecule has 0 bridgehead atoms. The van der Waals surface area contributed by atoms with E-state index < -0.39 is 48.5 Å². The first kappa shape index (κ1) is 23.6. The van der Waals surface area contributed by atoms with E-state index >= 15 is 0 Å². The van der Waals surface area contributed by atoms with E-state index in [9.17, 15) is 26.4 Å². The largest absolute Gasteiger partial charge is 1.00 e. The molecular formula is C12H16NNaO7S3. The molecule has 2 N–H and O–H groups in total. The normalized spacial score (nSPS) is 12.8. The molecule has 1 amide bonds. The van der Waals surface area contributed by atoms with Crippen molar-refractivity contribution in [3.05, 3.63) is 29.8 Å². The average molecular weight is 405 g/mol. The van der Waals surface area contributed by atoms with Gasteiger partial charge in [0.05, 0.1) is 5.75 Å². The zero-order chi connectivity index (χ0) is 17.8. The van der Waals surface area contributed by atoms with E-state index in [1.165, 1.54) is 18.2 Å². The van der Waals surface area contributed by atoms with Gasteiger partial charge in [-0.05, 0) is 19.1 Å². The van der Waals surface area contributed by atoms with Gasteiger partial charge in [-0.25, -0.2) is 8.42 Å². The van der Waals surface area contributed by atoms with Crippen LogP contribution in [-0.4, -0.2) is 43.5 Å². The summed E-state index contributed by atoms with van der Waals surface area (Å²) in [5.41, 5.74) is -0.109. The molecule has 130 valence electrons. The van der Waals surface area contributed by atoms with E-state index in [-0.39, 0.29) is 41.4 Å². The maximum Gasteiger partial charge on any atom is 1.00 e. The monoisotopic (exact) mass is 405 g/mol. The molecule has 0 aliphatic rings. The minimum absolute atomic E-state index is 0. The van der Waals surface area contributed by atoms with Crippen LogP contribution in [0.15, 0.2) is 29.2 Å². The van der Waals surface area contributed by atoms with Crippen molar-refractivity contribution in [1.29, 1.82) is 0 Å². The minimum Gasteiger partial charge on any atom is -1.00 e. The Kier molecular flexibility index (Phi) is 9.15. The summed E-state index contributed by atoms with van der Waals surface area (Å²) in [7, 11) is -8.74. The third kappa shape index (κ3) is 6.82. The number of nitrogens with one attached hydrogen (secondary N) is 1. The summed E-state index contributed by atoms with van der Waals surface area (Å²) in [5, 5.41) is -0.830. The van der Waals surface area contributed by atoms with Crippen LogP contribution in [0.25, 0.3) is 0 Å². The second-order valence-corrected chi connectivity index (χ2v) is 8.83. The molecule has 0 aliphatic carbocycles. The predicted octanol–water partition coefficient (Wildman–Crippen LogP) is -2.61. The van der Waals surface area contributed by atoms with Gasteiger partial charge in [-0.1, -0.05) is 12.1 Å². The molecule has 1 atom stereocenters. The molecule has 1 aromatic rings. The fraction of sp³-hybridized carbons (Fsp3) is 0.333. The third-order valence-electron chi connectivity index (χ3n) is 2.82. The molecule has 24 heavy (non-hydrogen) atoms. The topological polar surface area (TPSA) is 135 Å². The van der Waals surface area contributed by atoms with Gasteiger partial charge in [0.25, 0.3) is 15.2 Å². The predicted molar refractivity (Wildman–Crippen MR) is 86.7 cm³/mol. The molecule has 0 saturated carbocycles. The van der Waals surface area contributed by atoms with Crippen molar-refractivity contribution in [2.45, 2.75) is 23.6 Å². The summed E-state index contributed by atoms with van der Waals surface area (Å²) in [6.07, 6.45) is -0.622. The Balaban J connectivity index is 0. The number of carbonyl (C=O) groups excluding carboxylic acids is 2. The van der Waals surface area contributed by atoms with E-state index in [1.807, 2.05) is 5.32 Å². The summed E-state index contributed by atoms with van der Waals surface area (Å²) in [6.45, 7) is 1.02. The Hall–Kier alpha value is -0.430. The van der Waals surface area contributed by atoms with Crippen LogP contribution >= 0.6 is 12.6 Å². The first-order chi connectivity index (χ1) is 10.4. The maximum atomic E-state index is 12.0. The average Bonchev–Trinajstić information content (AvgIpc) is 2.44. The molecule has 0 fully saturated rings. The standard InChI is InChI=1S/C12H15NO7S3.Na.H/c1-8(23(18,19)20)13-11(14)6-7-22(16,17)12(15)9-4-2-3-5-10(9)21;;/h2-5,8,21H,6-7H2,1H3,(H,13,14)(H,18,19,20);;/q;+1;-1. The zero-order valence-electron chi connectivity index (χ0n) is 14.0. The van der Waals surface area contributed by atoms with Gasteiger partial charge >= 0.3 is 29.6 Å². The fourth-order valence-corrected chi connectivity index (χ4v) is 3.28. The van der Waals surface area contributed by atoms with Crippen LogP contribution in [0.1, 0.15) is 25.1 Å². The van der Waals surface area contributed by atoms with Crippen molar-refractivity contribution in [3.8, 4) is 0 Å². The fourth-order valence-electron chi connectivity index (χ4n) is 1.51. The smallest absolute Gasteiger partial charge is 1.00 e. The van der Waals surface area contributed by atoms with E-state index in [1.54, 1.807) is 6.07 Å². The summed E-state index contributed by atoms with van der Waals surface area (Å²) in [4.78, 5) is 23.7. The quantitative estimate of drug-likeness (QED) is 0.268. The Morgan fingerprint density at radius 3 is 2.29 bits per heavy atom. The first-order valence-electron chi connectivity index (χ1n) is 6.26. The third-order valence-corrected chi connectivity index (χ3v) is 5.74. The number of amides is 1. The van der Waals surface area contributed by atoms with Gasteiger partial charge in [0, 0.05) is 16.9 Å². The Morgan fingerprint density at radius 1 is 1.25 bits per heavy atom. The summed E-state index contributed by atoms with van der Waals surface area (Å²) in [6, 6.07) is 5.80. The number of hydrogen-bond acceptors (Lipinski definition) is 7. The summed E-state index contributed by atoms with van der Waals surface area (Å²) < 4.78 is 54.1. The second-order valence-electron chi connectivity index (χ2n) is 4.60. The van der Waals surface area contributed by atoms with Gasteiger partial charge < -0.3 is 6.74 Å². The molecule has 8 nitrogen and oxygen atoms in total. The number of sulfone groups is 1. The van der Waals surface area contributed by atoms with Crippen LogP contribution in [0.3, 0.4) is 0 Å². The van der Waals surface area contributed by atoms with Crippen molar-refractivity contribution in [1.82, 2.24) is 5.32 Å². The Morgan fingerprint density at radius 2 is 1.79 bits per heavy atom. The molecule has 12 heteroatoms. The van der Waals surface area contributed by atoms with Gasteiger partial charge in [0.2, 0.25) is 15.7 Å². The number of benzene rings is 1. The van der Waals surface area contributed by atoms with Crippen molar-refractivity contribution in [2.75, 3.05) is 5.75 Å². The van der Waals surface area contributed by atoms with Crippen LogP contribution in [0.4, 0.5) is 0 Å². The van der Waals surface area contributed by atoms with Gasteiger partial charge in [-0.2, -0.15) is 8.42 Å². The van der Waals surface area contributed by atoms with E-state index in [2.05, 4.69) is 12.6 Å². The molecule has 0 spiro atoms. The number of hydrogen-bond donors (Lipinski definition) is 3. The second kappa shape index (κ2) is 9.32. The van der Waals surface area contributed by atoms with Crippen molar-refractivity contribution < 1.29 is 62.0 Å². The van der Waals surface area contributed by atoms with Crippen molar-refractivity contribution in [3.63, 3.8) is 0 Å². The van der Waals surface area contributed by atoms with Crippen molar-refractivity contribution >= 4 is 43.6 Å². The van der Waals surface area contributed by atoms with Gasteiger partial charge in [0.1, 0.15) is 0 Å². The van der Waals surface area contributed by atoms with E-state index in [0.717, 1.165) is 6.92 Å². The molecule has 1 rings (SSSR count). The number of rotatable bonds is 6.